The van der Waals surface area contributed by atoms with Gasteiger partial charge in [-0.3, -0.25) is 4.79 Å². The first-order valence-corrected chi connectivity index (χ1v) is 7.51. The number of rotatable bonds is 1. The van der Waals surface area contributed by atoms with Crippen molar-refractivity contribution in [1.29, 1.82) is 0 Å². The lowest BCUT2D eigenvalue weighted by Crippen LogP contribution is -2.36. The zero-order valence-electron chi connectivity index (χ0n) is 11.4. The molecule has 1 amide bonds. The number of amides is 1. The minimum Gasteiger partial charge on any atom is -0.308 e. The standard InChI is InChI=1S/C16H11BrF3NO/c17-13-6-9(18)3-4-11(13)16(22)21-5-1-2-12-14(20)7-10(19)8-15(12)21/h3-4,6-8H,1-2,5H2. The number of carbonyl (C=O) groups excluding carboxylic acids is 1. The maximum absolute atomic E-state index is 13.9. The Balaban J connectivity index is 2.05. The Hall–Kier alpha value is -1.82. The van der Waals surface area contributed by atoms with Crippen molar-refractivity contribution >= 4 is 27.5 Å². The highest BCUT2D eigenvalue weighted by molar-refractivity contribution is 9.10. The Morgan fingerprint density at radius 2 is 1.86 bits per heavy atom. The van der Waals surface area contributed by atoms with Crippen LogP contribution in [0.2, 0.25) is 0 Å². The molecular weight excluding hydrogens is 359 g/mol. The monoisotopic (exact) mass is 369 g/mol. The van der Waals surface area contributed by atoms with E-state index in [-0.39, 0.29) is 11.3 Å². The summed E-state index contributed by atoms with van der Waals surface area (Å²) in [5, 5.41) is 0. The van der Waals surface area contributed by atoms with E-state index >= 15 is 0 Å². The molecule has 1 aliphatic heterocycles. The van der Waals surface area contributed by atoms with Gasteiger partial charge in [0.2, 0.25) is 0 Å². The molecule has 0 bridgehead atoms. The van der Waals surface area contributed by atoms with E-state index in [0.29, 0.717) is 29.4 Å². The van der Waals surface area contributed by atoms with Crippen molar-refractivity contribution in [3.05, 3.63) is 63.4 Å². The van der Waals surface area contributed by atoms with Crippen LogP contribution in [0.5, 0.6) is 0 Å². The van der Waals surface area contributed by atoms with Gasteiger partial charge in [-0.1, -0.05) is 0 Å². The number of hydrogen-bond donors (Lipinski definition) is 0. The van der Waals surface area contributed by atoms with Crippen LogP contribution in [0, 0.1) is 17.5 Å². The molecule has 22 heavy (non-hydrogen) atoms. The summed E-state index contributed by atoms with van der Waals surface area (Å²) in [5.74, 6) is -2.27. The highest BCUT2D eigenvalue weighted by Gasteiger charge is 2.27. The van der Waals surface area contributed by atoms with Crippen LogP contribution >= 0.6 is 15.9 Å². The van der Waals surface area contributed by atoms with Crippen molar-refractivity contribution in [3.8, 4) is 0 Å². The number of benzene rings is 2. The van der Waals surface area contributed by atoms with Crippen LogP contribution in [0.1, 0.15) is 22.3 Å². The number of fused-ring (bicyclic) bond motifs is 1. The Labute approximate surface area is 133 Å². The number of anilines is 1. The highest BCUT2D eigenvalue weighted by atomic mass is 79.9. The van der Waals surface area contributed by atoms with Crippen molar-refractivity contribution in [2.45, 2.75) is 12.8 Å². The molecule has 0 aliphatic carbocycles. The van der Waals surface area contributed by atoms with E-state index in [4.69, 9.17) is 0 Å². The van der Waals surface area contributed by atoms with Gasteiger partial charge in [0.1, 0.15) is 17.5 Å². The van der Waals surface area contributed by atoms with E-state index in [1.165, 1.54) is 23.1 Å². The molecule has 1 aliphatic rings. The van der Waals surface area contributed by atoms with Crippen LogP contribution in [0.3, 0.4) is 0 Å². The quantitative estimate of drug-likeness (QED) is 0.726. The molecule has 0 atom stereocenters. The molecule has 0 saturated carbocycles. The van der Waals surface area contributed by atoms with E-state index in [0.717, 1.165) is 12.1 Å². The van der Waals surface area contributed by atoms with Crippen LogP contribution in [-0.4, -0.2) is 12.5 Å². The Kier molecular flexibility index (Phi) is 3.95. The summed E-state index contributed by atoms with van der Waals surface area (Å²) >= 11 is 3.15. The first kappa shape index (κ1) is 15.1. The molecule has 2 aromatic rings. The van der Waals surface area contributed by atoms with Gasteiger partial charge in [0.15, 0.2) is 0 Å². The number of halogens is 4. The molecule has 1 heterocycles. The van der Waals surface area contributed by atoms with Gasteiger partial charge in [0.25, 0.3) is 5.91 Å². The fourth-order valence-electron chi connectivity index (χ4n) is 2.63. The molecule has 0 N–H and O–H groups in total. The minimum absolute atomic E-state index is 0.241. The highest BCUT2D eigenvalue weighted by Crippen LogP contribution is 2.32. The third kappa shape index (κ3) is 2.63. The van der Waals surface area contributed by atoms with Crippen LogP contribution < -0.4 is 4.90 Å². The van der Waals surface area contributed by atoms with Crippen LogP contribution in [0.25, 0.3) is 0 Å². The summed E-state index contributed by atoms with van der Waals surface area (Å²) in [6.07, 6.45) is 1.04. The minimum atomic E-state index is -0.728. The molecule has 0 spiro atoms. The second kappa shape index (κ2) is 5.76. The smallest absolute Gasteiger partial charge is 0.259 e. The van der Waals surface area contributed by atoms with Crippen molar-refractivity contribution in [2.75, 3.05) is 11.4 Å². The SMILES string of the molecule is O=C(c1ccc(F)cc1Br)N1CCCc2c(F)cc(F)cc21. The average molecular weight is 370 g/mol. The van der Waals surface area contributed by atoms with Crippen molar-refractivity contribution in [2.24, 2.45) is 0 Å². The Bertz CT molecular complexity index is 763. The molecule has 2 aromatic carbocycles. The fraction of sp³-hybridized carbons (Fsp3) is 0.188. The van der Waals surface area contributed by atoms with Gasteiger partial charge in [-0.2, -0.15) is 0 Å². The van der Waals surface area contributed by atoms with Gasteiger partial charge in [0.05, 0.1) is 11.3 Å². The second-order valence-corrected chi connectivity index (χ2v) is 5.92. The van der Waals surface area contributed by atoms with Gasteiger partial charge in [0, 0.05) is 22.6 Å². The third-order valence-corrected chi connectivity index (χ3v) is 4.30. The summed E-state index contributed by atoms with van der Waals surface area (Å²) in [5.41, 5.74) is 0.822. The maximum atomic E-state index is 13.9. The summed E-state index contributed by atoms with van der Waals surface area (Å²) in [7, 11) is 0. The number of hydrogen-bond acceptors (Lipinski definition) is 1. The predicted molar refractivity (Wildman–Crippen MR) is 80.5 cm³/mol. The largest absolute Gasteiger partial charge is 0.308 e. The molecule has 0 radical (unpaired) electrons. The number of nitrogens with zero attached hydrogens (tertiary/aromatic N) is 1. The maximum Gasteiger partial charge on any atom is 0.259 e. The lowest BCUT2D eigenvalue weighted by molar-refractivity contribution is 0.0984. The normalized spacial score (nSPS) is 13.9. The van der Waals surface area contributed by atoms with E-state index in [1.807, 2.05) is 0 Å². The van der Waals surface area contributed by atoms with E-state index in [2.05, 4.69) is 15.9 Å². The van der Waals surface area contributed by atoms with Crippen molar-refractivity contribution in [1.82, 2.24) is 0 Å². The molecule has 0 fully saturated rings. The lowest BCUT2D eigenvalue weighted by atomic mass is 10.00. The van der Waals surface area contributed by atoms with E-state index in [1.54, 1.807) is 0 Å². The fourth-order valence-corrected chi connectivity index (χ4v) is 3.15. The van der Waals surface area contributed by atoms with Gasteiger partial charge in [-0.05, 0) is 53.0 Å². The summed E-state index contributed by atoms with van der Waals surface area (Å²) in [6, 6.07) is 5.69. The summed E-state index contributed by atoms with van der Waals surface area (Å²) < 4.78 is 40.8. The molecule has 0 unspecified atom stereocenters. The second-order valence-electron chi connectivity index (χ2n) is 5.07. The van der Waals surface area contributed by atoms with Crippen molar-refractivity contribution < 1.29 is 18.0 Å². The zero-order valence-corrected chi connectivity index (χ0v) is 13.0. The third-order valence-electron chi connectivity index (χ3n) is 3.64. The van der Waals surface area contributed by atoms with Gasteiger partial charge < -0.3 is 4.90 Å². The molecule has 3 rings (SSSR count). The summed E-state index contributed by atoms with van der Waals surface area (Å²) in [4.78, 5) is 14.0. The first-order chi connectivity index (χ1) is 10.5. The molecule has 2 nitrogen and oxygen atoms in total. The van der Waals surface area contributed by atoms with Crippen LogP contribution in [0.15, 0.2) is 34.8 Å². The average Bonchev–Trinajstić information content (AvgIpc) is 2.46. The zero-order chi connectivity index (χ0) is 15.9. The van der Waals surface area contributed by atoms with Crippen LogP contribution in [0.4, 0.5) is 18.9 Å². The number of carbonyl (C=O) groups is 1. The summed E-state index contributed by atoms with van der Waals surface area (Å²) in [6.45, 7) is 0.360. The lowest BCUT2D eigenvalue weighted by Gasteiger charge is -2.30. The van der Waals surface area contributed by atoms with Gasteiger partial charge >= 0.3 is 0 Å². The van der Waals surface area contributed by atoms with Crippen molar-refractivity contribution in [3.63, 3.8) is 0 Å². The molecule has 0 saturated heterocycles. The predicted octanol–water partition coefficient (Wildman–Crippen LogP) is 4.46. The Morgan fingerprint density at radius 1 is 1.09 bits per heavy atom. The molecule has 114 valence electrons. The first-order valence-electron chi connectivity index (χ1n) is 6.72. The topological polar surface area (TPSA) is 20.3 Å². The molecule has 6 heteroatoms. The van der Waals surface area contributed by atoms with Crippen LogP contribution in [-0.2, 0) is 6.42 Å². The van der Waals surface area contributed by atoms with Gasteiger partial charge in [-0.15, -0.1) is 0 Å². The molecule has 0 aromatic heterocycles. The van der Waals surface area contributed by atoms with E-state index in [9.17, 15) is 18.0 Å². The van der Waals surface area contributed by atoms with E-state index < -0.39 is 23.4 Å². The molecular formula is C16H11BrF3NO. The Morgan fingerprint density at radius 3 is 2.59 bits per heavy atom. The van der Waals surface area contributed by atoms with Gasteiger partial charge in [-0.25, -0.2) is 13.2 Å².